The zero-order valence-corrected chi connectivity index (χ0v) is 57.9. The topological polar surface area (TPSA) is 725 Å². The molecule has 0 radical (unpaired) electrons. The maximum Gasteiger partial charge on any atom is 0.327 e. The van der Waals surface area contributed by atoms with Crippen LogP contribution in [0.25, 0.3) is 0 Å². The van der Waals surface area contributed by atoms with Crippen molar-refractivity contribution < 1.29 is 164 Å². The Bertz CT molecular complexity index is 2610. The standard InChI is InChI=1S/C57H97N7O33S4/c58-30(56(94)95)24-100-98-13-11-29(69)15-26(1-6-42(78)59-18-36(72)47(85)50(88)39(75)21-66)53(91)62-31(4-9-45(81)82)34(70)16-27(2-7-43(79)60-19-37(73)48(86)51(89)40(76)22-67)54(92)63-32(5-10-46(83)84)35(71)17-28(55(93)64-33(57(96)97)25-101-99-14-12-65)3-8-44(80)61-20-38(74)49(87)52(90)41(77)23-68/h26-28,30-33,36-41,47-52,65-68,72-77,85-90H,1-25,58H2,(H,59,78)(H,60,79)(H,61,80)(H,62,91)(H,63,92)(H,64,93)(H,81,82)(H,83,84)(H,94,95)(H,96,97)/t26-,27-,28-,30+,31+,32+,33+,36+,37+,38+,39-,40-,41-,47-,48-,49-,50-,51-,52-/m1/s1. The van der Waals surface area contributed by atoms with Crippen LogP contribution in [-0.4, -0.2) is 345 Å². The van der Waals surface area contributed by atoms with Crippen molar-refractivity contribution in [3.05, 3.63) is 0 Å². The number of carbonyl (C=O) groups excluding carboxylic acids is 9. The highest BCUT2D eigenvalue weighted by Crippen LogP contribution is 2.26. The number of carboxylic acid groups (broad SMARTS) is 4. The summed E-state index contributed by atoms with van der Waals surface area (Å²) in [5.41, 5.74) is 5.51. The summed E-state index contributed by atoms with van der Waals surface area (Å²) >= 11 is 0. The minimum Gasteiger partial charge on any atom is -0.481 e. The Morgan fingerprint density at radius 2 is 0.663 bits per heavy atom. The van der Waals surface area contributed by atoms with E-state index in [1.807, 2.05) is 0 Å². The minimum absolute atomic E-state index is 0.0230. The lowest BCUT2D eigenvalue weighted by Gasteiger charge is -2.26. The van der Waals surface area contributed by atoms with Crippen molar-refractivity contribution in [3.8, 4) is 0 Å². The van der Waals surface area contributed by atoms with Gasteiger partial charge in [-0.1, -0.05) is 43.2 Å². The van der Waals surface area contributed by atoms with Gasteiger partial charge in [-0.3, -0.25) is 57.5 Å². The van der Waals surface area contributed by atoms with Crippen LogP contribution < -0.4 is 37.6 Å². The number of carboxylic acids is 4. The Kier molecular flexibility index (Phi) is 49.5. The van der Waals surface area contributed by atoms with Crippen molar-refractivity contribution in [2.24, 2.45) is 23.5 Å². The molecule has 0 heterocycles. The molecule has 0 saturated carbocycles. The number of amides is 6. The summed E-state index contributed by atoms with van der Waals surface area (Å²) in [4.78, 5) is 172. The summed E-state index contributed by atoms with van der Waals surface area (Å²) in [6.07, 6.45) is -35.3. The second-order valence-corrected chi connectivity index (χ2v) is 28.4. The smallest absolute Gasteiger partial charge is 0.327 e. The molecule has 0 fully saturated rings. The molecule has 28 N–H and O–H groups in total. The lowest BCUT2D eigenvalue weighted by molar-refractivity contribution is -0.142. The van der Waals surface area contributed by atoms with E-state index in [1.165, 1.54) is 0 Å². The van der Waals surface area contributed by atoms with Crippen molar-refractivity contribution >= 4 is 120 Å². The van der Waals surface area contributed by atoms with Gasteiger partial charge in [0.2, 0.25) is 35.4 Å². The number of nitrogens with one attached hydrogen (secondary N) is 6. The minimum atomic E-state index is -2.19. The molecule has 0 spiro atoms. The molecule has 0 aliphatic heterocycles. The molecule has 0 unspecified atom stereocenters. The molecule has 0 aromatic rings. The van der Waals surface area contributed by atoms with Crippen molar-refractivity contribution in [2.45, 2.75) is 187 Å². The number of Topliss-reactive ketones (excluding diaryl/α,β-unsaturated/α-hetero) is 3. The lowest BCUT2D eigenvalue weighted by Crippen LogP contribution is -2.50. The molecule has 44 heteroatoms. The summed E-state index contributed by atoms with van der Waals surface area (Å²) in [7, 11) is 3.95. The number of ketones is 3. The van der Waals surface area contributed by atoms with Crippen LogP contribution in [0.1, 0.15) is 89.9 Å². The predicted octanol–water partition coefficient (Wildman–Crippen LogP) is -10.5. The SMILES string of the molecule is N[C@@H](CSSCCC(=O)C[C@@H](CCC(=O)NC[C@H](O)[C@@H](O)[C@H](O)[C@H](O)CO)C(=O)N[C@@H](CCC(=O)O)C(=O)C[C@@H](CCC(=O)NC[C@H](O)[C@@H](O)[C@H](O)[C@H](O)CO)C(=O)N[C@@H](CCC(=O)O)C(=O)C[C@@H](CCC(=O)NC[C@H](O)[C@@H](O)[C@H](O)[C@H](O)CO)C(=O)N[C@@H](CSSCCO)C(=O)O)C(=O)O. The molecule has 0 aliphatic carbocycles. The van der Waals surface area contributed by atoms with Crippen molar-refractivity contribution in [2.75, 3.05) is 69.1 Å². The highest BCUT2D eigenvalue weighted by Gasteiger charge is 2.38. The number of rotatable bonds is 60. The number of hydrogen-bond acceptors (Lipinski definition) is 34. The van der Waals surface area contributed by atoms with Crippen LogP contribution in [0.15, 0.2) is 0 Å². The zero-order valence-electron chi connectivity index (χ0n) is 54.6. The summed E-state index contributed by atoms with van der Waals surface area (Å²) in [5, 5.41) is 209. The van der Waals surface area contributed by atoms with Gasteiger partial charge in [0, 0.05) is 118 Å². The van der Waals surface area contributed by atoms with E-state index in [-0.39, 0.29) is 36.0 Å². The van der Waals surface area contributed by atoms with Crippen molar-refractivity contribution in [3.63, 3.8) is 0 Å². The van der Waals surface area contributed by atoms with E-state index < -0.39 is 315 Å². The maximum atomic E-state index is 14.6. The molecule has 0 saturated heterocycles. The fraction of sp³-hybridized carbons (Fsp3) is 0.772. The molecule has 0 rings (SSSR count). The first-order valence-corrected chi connectivity index (χ1v) is 36.4. The van der Waals surface area contributed by atoms with E-state index in [0.717, 1.165) is 43.2 Å². The summed E-state index contributed by atoms with van der Waals surface area (Å²) in [6, 6.07) is -6.88. The van der Waals surface area contributed by atoms with Gasteiger partial charge in [0.05, 0.1) is 56.8 Å². The Balaban J connectivity index is 7.63. The molecule has 0 aromatic carbocycles. The second-order valence-electron chi connectivity index (χ2n) is 23.1. The zero-order chi connectivity index (χ0) is 77.2. The van der Waals surface area contributed by atoms with Crippen LogP contribution in [0.2, 0.25) is 0 Å². The van der Waals surface area contributed by atoms with Gasteiger partial charge in [-0.15, -0.1) is 0 Å². The van der Waals surface area contributed by atoms with Crippen LogP contribution in [0.4, 0.5) is 0 Å². The Labute approximate surface area is 593 Å². The maximum absolute atomic E-state index is 14.6. The van der Waals surface area contributed by atoms with Gasteiger partial charge in [0.15, 0.2) is 11.6 Å². The van der Waals surface area contributed by atoms with Crippen LogP contribution in [0, 0.1) is 17.8 Å². The average Bonchev–Trinajstić information content (AvgIpc) is 0.872. The Morgan fingerprint density at radius 1 is 0.347 bits per heavy atom. The molecule has 0 bridgehead atoms. The third-order valence-electron chi connectivity index (χ3n) is 15.1. The van der Waals surface area contributed by atoms with Crippen molar-refractivity contribution in [1.29, 1.82) is 0 Å². The predicted molar refractivity (Wildman–Crippen MR) is 354 cm³/mol. The van der Waals surface area contributed by atoms with Crippen LogP contribution in [0.3, 0.4) is 0 Å². The number of hydrogen-bond donors (Lipinski definition) is 27. The molecule has 40 nitrogen and oxygen atoms in total. The van der Waals surface area contributed by atoms with Crippen LogP contribution in [0.5, 0.6) is 0 Å². The van der Waals surface area contributed by atoms with Gasteiger partial charge in [-0.2, -0.15) is 0 Å². The number of aliphatic hydroxyl groups is 16. The van der Waals surface area contributed by atoms with Gasteiger partial charge in [0.25, 0.3) is 0 Å². The largest absolute Gasteiger partial charge is 0.481 e. The second kappa shape index (κ2) is 52.4. The van der Waals surface area contributed by atoms with E-state index in [9.17, 15) is 144 Å². The average molecular weight is 1540 g/mol. The first-order valence-electron chi connectivity index (χ1n) is 31.4. The van der Waals surface area contributed by atoms with Crippen LogP contribution >= 0.6 is 43.2 Å². The number of aliphatic hydroxyl groups excluding tert-OH is 16. The quantitative estimate of drug-likeness (QED) is 0.0199. The van der Waals surface area contributed by atoms with Gasteiger partial charge in [0.1, 0.15) is 72.8 Å². The summed E-state index contributed by atoms with van der Waals surface area (Å²) < 4.78 is 0. The molecular weight excluding hydrogens is 1440 g/mol. The van der Waals surface area contributed by atoms with Gasteiger partial charge in [-0.25, -0.2) is 4.79 Å². The molecular formula is C57H97N7O33S4. The van der Waals surface area contributed by atoms with E-state index >= 15 is 0 Å². The highest BCUT2D eigenvalue weighted by atomic mass is 33.1. The number of carbonyl (C=O) groups is 13. The van der Waals surface area contributed by atoms with E-state index in [2.05, 4.69) is 31.9 Å². The van der Waals surface area contributed by atoms with E-state index in [0.29, 0.717) is 0 Å². The third-order valence-corrected chi connectivity index (χ3v) is 19.9. The first-order chi connectivity index (χ1) is 47.4. The van der Waals surface area contributed by atoms with Gasteiger partial charge in [-0.05, 0) is 32.1 Å². The summed E-state index contributed by atoms with van der Waals surface area (Å²) in [6.45, 7) is -5.95. The fourth-order valence-electron chi connectivity index (χ4n) is 8.84. The molecule has 19 atom stereocenters. The Morgan fingerprint density at radius 3 is 0.980 bits per heavy atom. The van der Waals surface area contributed by atoms with E-state index in [1.54, 1.807) is 0 Å². The van der Waals surface area contributed by atoms with Gasteiger partial charge < -0.3 is 140 Å². The summed E-state index contributed by atoms with van der Waals surface area (Å²) in [5.74, 6) is -21.4. The highest BCUT2D eigenvalue weighted by molar-refractivity contribution is 8.77. The monoisotopic (exact) mass is 1540 g/mol. The molecule has 101 heavy (non-hydrogen) atoms. The number of aliphatic carboxylic acids is 4. The van der Waals surface area contributed by atoms with Gasteiger partial charge >= 0.3 is 23.9 Å². The lowest BCUT2D eigenvalue weighted by atomic mass is 9.89. The fourth-order valence-corrected chi connectivity index (χ4v) is 12.9. The third kappa shape index (κ3) is 39.8. The Hall–Kier alpha value is -5.57. The molecule has 6 amide bonds. The molecule has 582 valence electrons. The molecule has 0 aromatic heterocycles. The van der Waals surface area contributed by atoms with E-state index in [4.69, 9.17) is 26.2 Å². The molecule has 0 aliphatic rings. The van der Waals surface area contributed by atoms with Crippen molar-refractivity contribution in [1.82, 2.24) is 31.9 Å². The number of nitrogens with two attached hydrogens (primary N) is 1. The van der Waals surface area contributed by atoms with Crippen LogP contribution in [-0.2, 0) is 62.3 Å². The first kappa shape index (κ1) is 95.4. The normalized spacial score (nSPS) is 17.2.